The Morgan fingerprint density at radius 1 is 1.03 bits per heavy atom. The van der Waals surface area contributed by atoms with Gasteiger partial charge in [0.1, 0.15) is 11.6 Å². The number of aromatic nitrogens is 2. The van der Waals surface area contributed by atoms with Gasteiger partial charge in [-0.2, -0.15) is 0 Å². The second-order valence-corrected chi connectivity index (χ2v) is 6.45. The molecule has 2 amide bonds. The highest BCUT2D eigenvalue weighted by atomic mass is 16.5. The quantitative estimate of drug-likeness (QED) is 0.455. The van der Waals surface area contributed by atoms with Gasteiger partial charge in [-0.1, -0.05) is 42.5 Å². The lowest BCUT2D eigenvalue weighted by Crippen LogP contribution is -2.40. The van der Waals surface area contributed by atoms with Crippen LogP contribution in [-0.2, 0) is 22.7 Å². The van der Waals surface area contributed by atoms with E-state index in [1.807, 2.05) is 65.4 Å². The summed E-state index contributed by atoms with van der Waals surface area (Å²) in [5.41, 5.74) is 1.90. The first-order valence-electron chi connectivity index (χ1n) is 9.43. The maximum absolute atomic E-state index is 12.0. The molecule has 0 aliphatic heterocycles. The number of carbonyl (C=O) groups is 2. The van der Waals surface area contributed by atoms with E-state index in [0.29, 0.717) is 25.3 Å². The summed E-state index contributed by atoms with van der Waals surface area (Å²) in [4.78, 5) is 28.3. The molecule has 2 N–H and O–H groups in total. The zero-order valence-corrected chi connectivity index (χ0v) is 16.3. The van der Waals surface area contributed by atoms with E-state index < -0.39 is 11.8 Å². The van der Waals surface area contributed by atoms with Crippen molar-refractivity contribution in [2.45, 2.75) is 19.5 Å². The Kier molecular flexibility index (Phi) is 7.00. The number of nitrogens with one attached hydrogen (secondary N) is 2. The van der Waals surface area contributed by atoms with Gasteiger partial charge in [0.15, 0.2) is 0 Å². The van der Waals surface area contributed by atoms with Crippen LogP contribution in [0.4, 0.5) is 0 Å². The molecule has 0 saturated heterocycles. The Labute approximate surface area is 169 Å². The van der Waals surface area contributed by atoms with Crippen LogP contribution in [-0.4, -0.2) is 35.0 Å². The summed E-state index contributed by atoms with van der Waals surface area (Å²) >= 11 is 0. The number of methoxy groups -OCH3 is 1. The Morgan fingerprint density at radius 3 is 2.62 bits per heavy atom. The predicted octanol–water partition coefficient (Wildman–Crippen LogP) is 2.38. The summed E-state index contributed by atoms with van der Waals surface area (Å²) in [6.07, 6.45) is 4.35. The molecule has 0 unspecified atom stereocenters. The number of hydrogen-bond acceptors (Lipinski definition) is 4. The van der Waals surface area contributed by atoms with Crippen LogP contribution in [0.5, 0.6) is 5.75 Å². The lowest BCUT2D eigenvalue weighted by molar-refractivity contribution is -0.139. The fourth-order valence-corrected chi connectivity index (χ4v) is 2.91. The van der Waals surface area contributed by atoms with Crippen molar-refractivity contribution in [3.05, 3.63) is 72.6 Å². The minimum absolute atomic E-state index is 0.263. The van der Waals surface area contributed by atoms with Gasteiger partial charge >= 0.3 is 11.8 Å². The molecule has 0 aliphatic carbocycles. The number of ether oxygens (including phenoxy) is 1. The predicted molar refractivity (Wildman–Crippen MR) is 110 cm³/mol. The molecule has 2 aromatic carbocycles. The smallest absolute Gasteiger partial charge is 0.309 e. The van der Waals surface area contributed by atoms with Gasteiger partial charge in [-0.05, 0) is 24.1 Å². The minimum Gasteiger partial charge on any atom is -0.497 e. The minimum atomic E-state index is -0.652. The molecule has 0 fully saturated rings. The van der Waals surface area contributed by atoms with Crippen molar-refractivity contribution >= 4 is 11.8 Å². The third-order valence-electron chi connectivity index (χ3n) is 4.40. The Balaban J connectivity index is 1.41. The van der Waals surface area contributed by atoms with E-state index in [2.05, 4.69) is 15.6 Å². The summed E-state index contributed by atoms with van der Waals surface area (Å²) in [7, 11) is 1.58. The molecule has 0 atom stereocenters. The number of nitrogens with zero attached hydrogens (tertiary/aromatic N) is 2. The Morgan fingerprint density at radius 2 is 1.83 bits per heavy atom. The van der Waals surface area contributed by atoms with Crippen molar-refractivity contribution < 1.29 is 14.3 Å². The lowest BCUT2D eigenvalue weighted by atomic mass is 10.2. The highest BCUT2D eigenvalue weighted by molar-refractivity contribution is 6.35. The first-order valence-corrected chi connectivity index (χ1v) is 9.43. The number of carbonyl (C=O) groups excluding carboxylic acids is 2. The van der Waals surface area contributed by atoms with E-state index in [0.717, 1.165) is 17.0 Å². The molecule has 7 heteroatoms. The van der Waals surface area contributed by atoms with Crippen molar-refractivity contribution in [2.75, 3.05) is 13.7 Å². The number of amides is 2. The molecular formula is C22H24N4O3. The van der Waals surface area contributed by atoms with E-state index in [1.54, 1.807) is 13.3 Å². The van der Waals surface area contributed by atoms with Gasteiger partial charge in [-0.3, -0.25) is 9.59 Å². The van der Waals surface area contributed by atoms with E-state index >= 15 is 0 Å². The molecule has 0 bridgehead atoms. The van der Waals surface area contributed by atoms with Gasteiger partial charge < -0.3 is 19.9 Å². The van der Waals surface area contributed by atoms with Crippen molar-refractivity contribution in [3.63, 3.8) is 0 Å². The standard InChI is InChI=1S/C22H24N4O3/c1-29-19-10-5-7-17(15-19)16-25-22(28)21(27)24-11-6-13-26-14-12-23-20(26)18-8-3-2-4-9-18/h2-5,7-10,12,14-15H,6,11,13,16H2,1H3,(H,24,27)(H,25,28). The number of benzene rings is 2. The Bertz CT molecular complexity index is 953. The highest BCUT2D eigenvalue weighted by Crippen LogP contribution is 2.16. The van der Waals surface area contributed by atoms with Gasteiger partial charge in [0.2, 0.25) is 0 Å². The van der Waals surface area contributed by atoms with Crippen LogP contribution < -0.4 is 15.4 Å². The SMILES string of the molecule is COc1cccc(CNC(=O)C(=O)NCCCn2ccnc2-c2ccccc2)c1. The molecule has 150 valence electrons. The normalized spacial score (nSPS) is 10.4. The summed E-state index contributed by atoms with van der Waals surface area (Å²) in [6.45, 7) is 1.35. The highest BCUT2D eigenvalue weighted by Gasteiger charge is 2.12. The molecule has 0 radical (unpaired) electrons. The molecule has 29 heavy (non-hydrogen) atoms. The van der Waals surface area contributed by atoms with Gasteiger partial charge in [-0.25, -0.2) is 4.98 Å². The number of rotatable bonds is 8. The maximum Gasteiger partial charge on any atom is 0.309 e. The fraction of sp³-hybridized carbons (Fsp3) is 0.227. The third kappa shape index (κ3) is 5.68. The molecule has 1 aromatic heterocycles. The zero-order chi connectivity index (χ0) is 20.5. The molecule has 1 heterocycles. The van der Waals surface area contributed by atoms with Crippen LogP contribution in [0.15, 0.2) is 67.0 Å². The summed E-state index contributed by atoms with van der Waals surface area (Å²) in [5, 5.41) is 5.27. The fourth-order valence-electron chi connectivity index (χ4n) is 2.91. The average molecular weight is 392 g/mol. The van der Waals surface area contributed by atoms with Crippen molar-refractivity contribution in [1.82, 2.24) is 20.2 Å². The topological polar surface area (TPSA) is 85.2 Å². The zero-order valence-electron chi connectivity index (χ0n) is 16.3. The van der Waals surface area contributed by atoms with Crippen LogP contribution in [0, 0.1) is 0 Å². The molecular weight excluding hydrogens is 368 g/mol. The van der Waals surface area contributed by atoms with Crippen LogP contribution in [0.1, 0.15) is 12.0 Å². The summed E-state index contributed by atoms with van der Waals surface area (Å²) in [6, 6.07) is 17.2. The van der Waals surface area contributed by atoms with Gasteiger partial charge in [0, 0.05) is 37.6 Å². The van der Waals surface area contributed by atoms with E-state index in [-0.39, 0.29) is 6.54 Å². The van der Waals surface area contributed by atoms with Crippen LogP contribution in [0.3, 0.4) is 0 Å². The molecule has 3 rings (SSSR count). The van der Waals surface area contributed by atoms with Crippen LogP contribution in [0.2, 0.25) is 0 Å². The van der Waals surface area contributed by atoms with Crippen LogP contribution in [0.25, 0.3) is 11.4 Å². The second-order valence-electron chi connectivity index (χ2n) is 6.45. The summed E-state index contributed by atoms with van der Waals surface area (Å²) < 4.78 is 7.18. The summed E-state index contributed by atoms with van der Waals surface area (Å²) in [5.74, 6) is 0.297. The van der Waals surface area contributed by atoms with Gasteiger partial charge in [-0.15, -0.1) is 0 Å². The van der Waals surface area contributed by atoms with Gasteiger partial charge in [0.25, 0.3) is 0 Å². The van der Waals surface area contributed by atoms with E-state index in [9.17, 15) is 9.59 Å². The average Bonchev–Trinajstić information content (AvgIpc) is 3.24. The largest absolute Gasteiger partial charge is 0.497 e. The number of aryl methyl sites for hydroxylation is 1. The molecule has 0 spiro atoms. The van der Waals surface area contributed by atoms with Crippen LogP contribution >= 0.6 is 0 Å². The van der Waals surface area contributed by atoms with Crippen molar-refractivity contribution in [3.8, 4) is 17.1 Å². The van der Waals surface area contributed by atoms with Crippen molar-refractivity contribution in [2.24, 2.45) is 0 Å². The van der Waals surface area contributed by atoms with E-state index in [1.165, 1.54) is 0 Å². The lowest BCUT2D eigenvalue weighted by Gasteiger charge is -2.09. The first kappa shape index (κ1) is 20.1. The molecule has 3 aromatic rings. The third-order valence-corrected chi connectivity index (χ3v) is 4.40. The number of hydrogen-bond donors (Lipinski definition) is 2. The first-order chi connectivity index (χ1) is 14.2. The molecule has 0 saturated carbocycles. The maximum atomic E-state index is 12.0. The monoisotopic (exact) mass is 392 g/mol. The number of imidazole rings is 1. The van der Waals surface area contributed by atoms with Gasteiger partial charge in [0.05, 0.1) is 7.11 Å². The Hall–Kier alpha value is -3.61. The molecule has 7 nitrogen and oxygen atoms in total. The molecule has 0 aliphatic rings. The van der Waals surface area contributed by atoms with E-state index in [4.69, 9.17) is 4.74 Å². The van der Waals surface area contributed by atoms with Crippen molar-refractivity contribution in [1.29, 1.82) is 0 Å². The second kappa shape index (κ2) is 10.1.